The van der Waals surface area contributed by atoms with Crippen LogP contribution >= 0.6 is 0 Å². The lowest BCUT2D eigenvalue weighted by atomic mass is 10.1. The predicted octanol–water partition coefficient (Wildman–Crippen LogP) is 3.42. The summed E-state index contributed by atoms with van der Waals surface area (Å²) in [6.07, 6.45) is 6.99. The Labute approximate surface area is 237 Å². The number of carbonyl (C=O) groups is 1. The molecule has 0 aliphatic carbocycles. The number of nitriles is 1. The van der Waals surface area contributed by atoms with Gasteiger partial charge in [0.1, 0.15) is 36.3 Å². The Bertz CT molecular complexity index is 1530. The fourth-order valence-electron chi connectivity index (χ4n) is 4.58. The zero-order chi connectivity index (χ0) is 28.8. The van der Waals surface area contributed by atoms with Gasteiger partial charge in [-0.2, -0.15) is 10.4 Å². The SMILES string of the molecule is COc1cc(C(=O)N2CCC(O)CC2)ccc1Nc1ncc(-c2ccc(C#N)c(O[C@@H](C)Cn3cncn3)c2)cn1. The Kier molecular flexibility index (Phi) is 8.36. The number of piperidine rings is 1. The van der Waals surface area contributed by atoms with Crippen molar-refractivity contribution in [2.75, 3.05) is 25.5 Å². The second kappa shape index (κ2) is 12.4. The Hall–Kier alpha value is -5.02. The number of hydrogen-bond acceptors (Lipinski definition) is 10. The molecule has 12 nitrogen and oxygen atoms in total. The van der Waals surface area contributed by atoms with Crippen LogP contribution in [0.25, 0.3) is 11.1 Å². The van der Waals surface area contributed by atoms with E-state index in [1.54, 1.807) is 58.6 Å². The van der Waals surface area contributed by atoms with E-state index in [2.05, 4.69) is 31.4 Å². The molecule has 1 amide bonds. The van der Waals surface area contributed by atoms with Crippen LogP contribution in [0.2, 0.25) is 0 Å². The van der Waals surface area contributed by atoms with E-state index < -0.39 is 0 Å². The van der Waals surface area contributed by atoms with Gasteiger partial charge in [0, 0.05) is 36.6 Å². The topological polar surface area (TPSA) is 151 Å². The van der Waals surface area contributed by atoms with Crippen LogP contribution in [0.15, 0.2) is 61.4 Å². The monoisotopic (exact) mass is 554 g/mol. The van der Waals surface area contributed by atoms with Crippen molar-refractivity contribution in [3.05, 3.63) is 72.6 Å². The van der Waals surface area contributed by atoms with Gasteiger partial charge < -0.3 is 24.8 Å². The first-order chi connectivity index (χ1) is 19.9. The van der Waals surface area contributed by atoms with E-state index in [1.807, 2.05) is 13.0 Å². The number of hydrogen-bond donors (Lipinski definition) is 2. The summed E-state index contributed by atoms with van der Waals surface area (Å²) in [5.74, 6) is 1.19. The third-order valence-corrected chi connectivity index (χ3v) is 6.77. The molecule has 0 bridgehead atoms. The minimum Gasteiger partial charge on any atom is -0.495 e. The fourth-order valence-corrected chi connectivity index (χ4v) is 4.58. The van der Waals surface area contributed by atoms with E-state index in [0.717, 1.165) is 11.1 Å². The summed E-state index contributed by atoms with van der Waals surface area (Å²) in [6, 6.07) is 12.7. The maximum absolute atomic E-state index is 12.9. The zero-order valence-corrected chi connectivity index (χ0v) is 22.8. The second-order valence-electron chi connectivity index (χ2n) is 9.73. The third-order valence-electron chi connectivity index (χ3n) is 6.77. The highest BCUT2D eigenvalue weighted by molar-refractivity contribution is 5.95. The van der Waals surface area contributed by atoms with Gasteiger partial charge in [-0.1, -0.05) is 6.07 Å². The number of nitrogens with zero attached hydrogens (tertiary/aromatic N) is 7. The molecule has 3 heterocycles. The normalized spacial score (nSPS) is 14.2. The summed E-state index contributed by atoms with van der Waals surface area (Å²) in [5, 5.41) is 26.5. The van der Waals surface area contributed by atoms with Gasteiger partial charge in [0.2, 0.25) is 5.95 Å². The standard InChI is InChI=1S/C29H30N8O4/c1-19(16-37-18-31-17-34-37)41-26-11-20(3-4-22(26)13-30)23-14-32-29(33-15-23)35-25-6-5-21(12-27(25)40-2)28(39)36-9-7-24(38)8-10-36/h3-6,11-12,14-15,17-19,24,38H,7-10,16H2,1-2H3,(H,32,33,35)/t19-/m0/s1. The highest BCUT2D eigenvalue weighted by Gasteiger charge is 2.23. The molecule has 4 aromatic rings. The van der Waals surface area contributed by atoms with E-state index in [4.69, 9.17) is 9.47 Å². The number of aromatic nitrogens is 5. The molecular weight excluding hydrogens is 524 g/mol. The molecule has 41 heavy (non-hydrogen) atoms. The number of likely N-dealkylation sites (tertiary alicyclic amines) is 1. The van der Waals surface area contributed by atoms with Crippen molar-refractivity contribution in [1.82, 2.24) is 29.6 Å². The second-order valence-corrected chi connectivity index (χ2v) is 9.73. The van der Waals surface area contributed by atoms with Crippen LogP contribution in [0.5, 0.6) is 11.5 Å². The average Bonchev–Trinajstić information content (AvgIpc) is 3.50. The number of rotatable bonds is 9. The summed E-state index contributed by atoms with van der Waals surface area (Å²) in [4.78, 5) is 27.5. The molecule has 0 unspecified atom stereocenters. The van der Waals surface area contributed by atoms with Crippen LogP contribution in [-0.2, 0) is 6.54 Å². The first-order valence-electron chi connectivity index (χ1n) is 13.2. The summed E-state index contributed by atoms with van der Waals surface area (Å²) >= 11 is 0. The molecule has 1 aliphatic heterocycles. The fraction of sp³-hybridized carbons (Fsp3) is 0.310. The molecule has 1 aliphatic rings. The van der Waals surface area contributed by atoms with Gasteiger partial charge in [0.15, 0.2) is 0 Å². The first-order valence-corrected chi connectivity index (χ1v) is 13.2. The maximum Gasteiger partial charge on any atom is 0.253 e. The van der Waals surface area contributed by atoms with E-state index in [-0.39, 0.29) is 18.1 Å². The number of benzene rings is 2. The van der Waals surface area contributed by atoms with Gasteiger partial charge in [-0.15, -0.1) is 0 Å². The number of anilines is 2. The van der Waals surface area contributed by atoms with Crippen LogP contribution in [-0.4, -0.2) is 73.1 Å². The Morgan fingerprint density at radius 2 is 1.93 bits per heavy atom. The molecule has 0 spiro atoms. The minimum absolute atomic E-state index is 0.0964. The van der Waals surface area contributed by atoms with Crippen molar-refractivity contribution in [1.29, 1.82) is 5.26 Å². The minimum atomic E-state index is -0.348. The van der Waals surface area contributed by atoms with Gasteiger partial charge in [-0.3, -0.25) is 4.79 Å². The molecular formula is C29H30N8O4. The van der Waals surface area contributed by atoms with E-state index >= 15 is 0 Å². The maximum atomic E-state index is 12.9. The molecule has 2 aromatic heterocycles. The number of aliphatic hydroxyl groups excluding tert-OH is 1. The van der Waals surface area contributed by atoms with Crippen molar-refractivity contribution in [3.8, 4) is 28.7 Å². The van der Waals surface area contributed by atoms with Crippen molar-refractivity contribution in [2.45, 2.75) is 38.5 Å². The Balaban J connectivity index is 1.28. The summed E-state index contributed by atoms with van der Waals surface area (Å²) in [5.41, 5.74) is 3.08. The van der Waals surface area contributed by atoms with Gasteiger partial charge in [0.25, 0.3) is 5.91 Å². The number of methoxy groups -OCH3 is 1. The van der Waals surface area contributed by atoms with Crippen LogP contribution in [0.4, 0.5) is 11.6 Å². The number of nitrogens with one attached hydrogen (secondary N) is 1. The van der Waals surface area contributed by atoms with Gasteiger partial charge in [0.05, 0.1) is 31.0 Å². The molecule has 1 fully saturated rings. The average molecular weight is 555 g/mol. The molecule has 0 radical (unpaired) electrons. The summed E-state index contributed by atoms with van der Waals surface area (Å²) < 4.78 is 13.2. The highest BCUT2D eigenvalue weighted by Crippen LogP contribution is 2.30. The number of ether oxygens (including phenoxy) is 2. The summed E-state index contributed by atoms with van der Waals surface area (Å²) in [7, 11) is 1.54. The van der Waals surface area contributed by atoms with Crippen LogP contribution in [0.3, 0.4) is 0 Å². The number of amides is 1. The molecule has 2 aromatic carbocycles. The van der Waals surface area contributed by atoms with Crippen LogP contribution in [0, 0.1) is 11.3 Å². The van der Waals surface area contributed by atoms with Crippen molar-refractivity contribution in [3.63, 3.8) is 0 Å². The molecule has 1 saturated heterocycles. The molecule has 12 heteroatoms. The number of carbonyl (C=O) groups excluding carboxylic acids is 1. The molecule has 0 saturated carbocycles. The summed E-state index contributed by atoms with van der Waals surface area (Å²) in [6.45, 7) is 3.43. The molecule has 2 N–H and O–H groups in total. The predicted molar refractivity (Wildman–Crippen MR) is 150 cm³/mol. The lowest BCUT2D eigenvalue weighted by molar-refractivity contribution is 0.0546. The van der Waals surface area contributed by atoms with Gasteiger partial charge >= 0.3 is 0 Å². The van der Waals surface area contributed by atoms with Gasteiger partial charge in [-0.05, 0) is 55.7 Å². The van der Waals surface area contributed by atoms with E-state index in [0.29, 0.717) is 66.7 Å². The van der Waals surface area contributed by atoms with E-state index in [1.165, 1.54) is 13.4 Å². The molecule has 1 atom stereocenters. The quantitative estimate of drug-likeness (QED) is 0.315. The molecule has 5 rings (SSSR count). The van der Waals surface area contributed by atoms with Crippen LogP contribution < -0.4 is 14.8 Å². The lowest BCUT2D eigenvalue weighted by Gasteiger charge is -2.29. The van der Waals surface area contributed by atoms with E-state index in [9.17, 15) is 15.2 Å². The Morgan fingerprint density at radius 1 is 1.15 bits per heavy atom. The smallest absolute Gasteiger partial charge is 0.253 e. The van der Waals surface area contributed by atoms with Crippen molar-refractivity contribution >= 4 is 17.5 Å². The largest absolute Gasteiger partial charge is 0.495 e. The number of aliphatic hydroxyl groups is 1. The highest BCUT2D eigenvalue weighted by atomic mass is 16.5. The lowest BCUT2D eigenvalue weighted by Crippen LogP contribution is -2.40. The van der Waals surface area contributed by atoms with Crippen molar-refractivity contribution in [2.24, 2.45) is 0 Å². The van der Waals surface area contributed by atoms with Crippen molar-refractivity contribution < 1.29 is 19.4 Å². The third kappa shape index (κ3) is 6.59. The first kappa shape index (κ1) is 27.5. The Morgan fingerprint density at radius 3 is 2.61 bits per heavy atom. The molecule has 210 valence electrons. The van der Waals surface area contributed by atoms with Crippen LogP contribution in [0.1, 0.15) is 35.7 Å². The zero-order valence-electron chi connectivity index (χ0n) is 22.8. The van der Waals surface area contributed by atoms with Gasteiger partial charge in [-0.25, -0.2) is 19.6 Å².